The predicted octanol–water partition coefficient (Wildman–Crippen LogP) is 2.26. The smallest absolute Gasteiger partial charge is 0.259 e. The van der Waals surface area contributed by atoms with Gasteiger partial charge >= 0.3 is 0 Å². The molecule has 1 N–H and O–H groups in total. The van der Waals surface area contributed by atoms with E-state index in [2.05, 4.69) is 21.9 Å². The van der Waals surface area contributed by atoms with Crippen LogP contribution in [-0.4, -0.2) is 64.7 Å². The summed E-state index contributed by atoms with van der Waals surface area (Å²) in [5, 5.41) is 0.799. The molecule has 0 unspecified atom stereocenters. The zero-order valence-corrected chi connectivity index (χ0v) is 17.4. The summed E-state index contributed by atoms with van der Waals surface area (Å²) in [6, 6.07) is 0. The van der Waals surface area contributed by atoms with E-state index in [0.717, 1.165) is 62.1 Å². The molecule has 1 fully saturated rings. The second-order valence-electron chi connectivity index (χ2n) is 7.43. The van der Waals surface area contributed by atoms with Gasteiger partial charge < -0.3 is 14.8 Å². The van der Waals surface area contributed by atoms with Crippen LogP contribution < -0.4 is 5.56 Å². The molecule has 0 radical (unpaired) electrons. The van der Waals surface area contributed by atoms with Crippen LogP contribution in [0.1, 0.15) is 35.5 Å². The van der Waals surface area contributed by atoms with E-state index in [1.165, 1.54) is 28.6 Å². The van der Waals surface area contributed by atoms with Gasteiger partial charge in [-0.1, -0.05) is 0 Å². The lowest BCUT2D eigenvalue weighted by molar-refractivity contribution is -0.128. The number of hydrogen-bond donors (Lipinski definition) is 1. The number of amides is 1. The third-order valence-corrected chi connectivity index (χ3v) is 7.52. The summed E-state index contributed by atoms with van der Waals surface area (Å²) in [7, 11) is 2.10. The van der Waals surface area contributed by atoms with Gasteiger partial charge in [0.15, 0.2) is 0 Å². The van der Waals surface area contributed by atoms with Crippen LogP contribution in [0.3, 0.4) is 0 Å². The van der Waals surface area contributed by atoms with Crippen LogP contribution in [0, 0.1) is 0 Å². The van der Waals surface area contributed by atoms with Gasteiger partial charge in [0.05, 0.1) is 16.9 Å². The standard InChI is InChI=1S/C19H26N4O2S2/c1-22-7-4-8-23(10-9-22)16(24)12-26-11-15-20-18(25)17-13-5-2-3-6-14(13)27-19(17)21-15/h2-12H2,1H3,(H,20,21,25). The number of thioether (sulfide) groups is 1. The monoisotopic (exact) mass is 406 g/mol. The first-order chi connectivity index (χ1) is 13.1. The zero-order chi connectivity index (χ0) is 18.8. The summed E-state index contributed by atoms with van der Waals surface area (Å²) in [5.74, 6) is 1.87. The molecular formula is C19H26N4O2S2. The van der Waals surface area contributed by atoms with E-state index in [9.17, 15) is 9.59 Å². The van der Waals surface area contributed by atoms with Gasteiger partial charge in [-0.05, 0) is 51.3 Å². The number of aryl methyl sites for hydroxylation is 2. The quantitative estimate of drug-likeness (QED) is 0.843. The first kappa shape index (κ1) is 19.0. The van der Waals surface area contributed by atoms with Gasteiger partial charge in [0.25, 0.3) is 5.56 Å². The summed E-state index contributed by atoms with van der Waals surface area (Å²) in [6.07, 6.45) is 5.45. The number of fused-ring (bicyclic) bond motifs is 3. The summed E-state index contributed by atoms with van der Waals surface area (Å²) in [4.78, 5) is 39.1. The third-order valence-electron chi connectivity index (χ3n) is 5.41. The van der Waals surface area contributed by atoms with Crippen molar-refractivity contribution in [2.24, 2.45) is 0 Å². The summed E-state index contributed by atoms with van der Waals surface area (Å²) >= 11 is 3.21. The molecular weight excluding hydrogens is 380 g/mol. The second kappa shape index (κ2) is 8.32. The number of rotatable bonds is 4. The molecule has 0 saturated carbocycles. The molecule has 2 aromatic rings. The van der Waals surface area contributed by atoms with Crippen molar-refractivity contribution in [2.45, 2.75) is 37.9 Å². The third kappa shape index (κ3) is 4.22. The molecule has 4 rings (SSSR count). The molecule has 6 nitrogen and oxygen atoms in total. The Morgan fingerprint density at radius 2 is 2.04 bits per heavy atom. The van der Waals surface area contributed by atoms with Crippen molar-refractivity contribution in [3.8, 4) is 0 Å². The molecule has 2 aliphatic rings. The molecule has 8 heteroatoms. The SMILES string of the molecule is CN1CCCN(C(=O)CSCc2nc3sc4c(c3c(=O)[nH]2)CCCC4)CC1. The van der Waals surface area contributed by atoms with E-state index in [0.29, 0.717) is 17.3 Å². The molecule has 1 saturated heterocycles. The van der Waals surface area contributed by atoms with Crippen molar-refractivity contribution in [3.05, 3.63) is 26.6 Å². The van der Waals surface area contributed by atoms with Crippen molar-refractivity contribution in [1.29, 1.82) is 0 Å². The Hall–Kier alpha value is -1.38. The van der Waals surface area contributed by atoms with Gasteiger partial charge in [0, 0.05) is 24.5 Å². The Kier molecular flexibility index (Phi) is 5.85. The number of H-pyrrole nitrogens is 1. The number of nitrogens with one attached hydrogen (secondary N) is 1. The second-order valence-corrected chi connectivity index (χ2v) is 9.50. The van der Waals surface area contributed by atoms with Crippen LogP contribution in [0.5, 0.6) is 0 Å². The number of carbonyl (C=O) groups is 1. The lowest BCUT2D eigenvalue weighted by Gasteiger charge is -2.20. The topological polar surface area (TPSA) is 69.3 Å². The average Bonchev–Trinajstić information content (AvgIpc) is 2.89. The largest absolute Gasteiger partial charge is 0.341 e. The summed E-state index contributed by atoms with van der Waals surface area (Å²) in [6.45, 7) is 3.63. The predicted molar refractivity (Wildman–Crippen MR) is 112 cm³/mol. The first-order valence-corrected chi connectivity index (χ1v) is 11.7. The Bertz CT molecular complexity index is 892. The van der Waals surface area contributed by atoms with Gasteiger partial charge in [-0.25, -0.2) is 4.98 Å². The molecule has 2 aromatic heterocycles. The maximum atomic E-state index is 12.6. The van der Waals surface area contributed by atoms with E-state index < -0.39 is 0 Å². The average molecular weight is 407 g/mol. The van der Waals surface area contributed by atoms with Crippen molar-refractivity contribution in [1.82, 2.24) is 19.8 Å². The maximum Gasteiger partial charge on any atom is 0.259 e. The highest BCUT2D eigenvalue weighted by atomic mass is 32.2. The number of carbonyl (C=O) groups excluding carboxylic acids is 1. The van der Waals surface area contributed by atoms with Gasteiger partial charge in [0.1, 0.15) is 10.7 Å². The molecule has 3 heterocycles. The van der Waals surface area contributed by atoms with Crippen LogP contribution in [0.2, 0.25) is 0 Å². The number of likely N-dealkylation sites (N-methyl/N-ethyl adjacent to an activating group) is 1. The fourth-order valence-electron chi connectivity index (χ4n) is 3.90. The molecule has 27 heavy (non-hydrogen) atoms. The van der Waals surface area contributed by atoms with Crippen molar-refractivity contribution < 1.29 is 4.79 Å². The van der Waals surface area contributed by atoms with Crippen molar-refractivity contribution >= 4 is 39.2 Å². The van der Waals surface area contributed by atoms with Crippen molar-refractivity contribution in [2.75, 3.05) is 39.0 Å². The molecule has 0 bridgehead atoms. The van der Waals surface area contributed by atoms with E-state index in [-0.39, 0.29) is 11.5 Å². The van der Waals surface area contributed by atoms with Crippen LogP contribution >= 0.6 is 23.1 Å². The van der Waals surface area contributed by atoms with Crippen LogP contribution in [0.25, 0.3) is 10.2 Å². The van der Waals surface area contributed by atoms with Gasteiger partial charge in [-0.3, -0.25) is 9.59 Å². The normalized spacial score (nSPS) is 18.5. The number of nitrogens with zero attached hydrogens (tertiary/aromatic N) is 3. The highest BCUT2D eigenvalue weighted by molar-refractivity contribution is 7.99. The minimum Gasteiger partial charge on any atom is -0.341 e. The number of aromatic nitrogens is 2. The maximum absolute atomic E-state index is 12.6. The first-order valence-electron chi connectivity index (χ1n) is 9.69. The lowest BCUT2D eigenvalue weighted by atomic mass is 9.97. The summed E-state index contributed by atoms with van der Waals surface area (Å²) in [5.41, 5.74) is 1.20. The van der Waals surface area contributed by atoms with Gasteiger partial charge in [-0.2, -0.15) is 0 Å². The summed E-state index contributed by atoms with van der Waals surface area (Å²) < 4.78 is 0. The molecule has 0 spiro atoms. The van der Waals surface area contributed by atoms with Crippen LogP contribution in [0.4, 0.5) is 0 Å². The van der Waals surface area contributed by atoms with Crippen LogP contribution in [0.15, 0.2) is 4.79 Å². The molecule has 0 atom stereocenters. The van der Waals surface area contributed by atoms with Gasteiger partial charge in [-0.15, -0.1) is 23.1 Å². The molecule has 1 aliphatic carbocycles. The fraction of sp³-hybridized carbons (Fsp3) is 0.632. The minimum atomic E-state index is -0.0168. The number of thiophene rings is 1. The Morgan fingerprint density at radius 1 is 1.19 bits per heavy atom. The van der Waals surface area contributed by atoms with E-state index in [4.69, 9.17) is 0 Å². The lowest BCUT2D eigenvalue weighted by Crippen LogP contribution is -2.35. The fourth-order valence-corrected chi connectivity index (χ4v) is 5.97. The Morgan fingerprint density at radius 3 is 2.93 bits per heavy atom. The Labute approximate surface area is 167 Å². The van der Waals surface area contributed by atoms with Crippen molar-refractivity contribution in [3.63, 3.8) is 0 Å². The minimum absolute atomic E-state index is 0.0168. The van der Waals surface area contributed by atoms with E-state index >= 15 is 0 Å². The highest BCUT2D eigenvalue weighted by Gasteiger charge is 2.20. The highest BCUT2D eigenvalue weighted by Crippen LogP contribution is 2.33. The molecule has 1 amide bonds. The van der Waals surface area contributed by atoms with Crippen LogP contribution in [-0.2, 0) is 23.4 Å². The molecule has 1 aliphatic heterocycles. The van der Waals surface area contributed by atoms with E-state index in [1.54, 1.807) is 11.3 Å². The Balaban J connectivity index is 1.39. The number of aromatic amines is 1. The molecule has 146 valence electrons. The number of hydrogen-bond acceptors (Lipinski definition) is 6. The van der Waals surface area contributed by atoms with E-state index in [1.807, 2.05) is 4.90 Å². The zero-order valence-electron chi connectivity index (χ0n) is 15.8. The van der Waals surface area contributed by atoms with Gasteiger partial charge in [0.2, 0.25) is 5.91 Å². The molecule has 0 aromatic carbocycles.